The minimum absolute atomic E-state index is 0.0323. The predicted molar refractivity (Wildman–Crippen MR) is 93.3 cm³/mol. The van der Waals surface area contributed by atoms with Crippen molar-refractivity contribution < 1.29 is 23.1 Å². The zero-order valence-electron chi connectivity index (χ0n) is 14.3. The molecule has 1 aromatic carbocycles. The van der Waals surface area contributed by atoms with Gasteiger partial charge in [-0.15, -0.1) is 0 Å². The van der Waals surface area contributed by atoms with Crippen molar-refractivity contribution >= 4 is 17.4 Å². The number of halogens is 3. The molecule has 6 nitrogen and oxygen atoms in total. The van der Waals surface area contributed by atoms with Crippen molar-refractivity contribution in [2.24, 2.45) is 5.92 Å². The van der Waals surface area contributed by atoms with Crippen LogP contribution in [0.5, 0.6) is 0 Å². The Labute approximate surface area is 153 Å². The van der Waals surface area contributed by atoms with Crippen molar-refractivity contribution in [2.75, 3.05) is 17.2 Å². The van der Waals surface area contributed by atoms with Crippen molar-refractivity contribution in [1.82, 2.24) is 9.97 Å². The number of carbonyl (C=O) groups excluding carboxylic acids is 1. The molecule has 144 valence electrons. The number of hydrogen-bond acceptors (Lipinski definition) is 5. The van der Waals surface area contributed by atoms with Gasteiger partial charge in [0.2, 0.25) is 0 Å². The van der Waals surface area contributed by atoms with E-state index in [9.17, 15) is 23.1 Å². The summed E-state index contributed by atoms with van der Waals surface area (Å²) >= 11 is 0. The van der Waals surface area contributed by atoms with Crippen molar-refractivity contribution in [3.63, 3.8) is 0 Å². The number of amides is 1. The van der Waals surface area contributed by atoms with Gasteiger partial charge in [0, 0.05) is 30.5 Å². The van der Waals surface area contributed by atoms with E-state index in [1.165, 1.54) is 24.5 Å². The third-order valence-corrected chi connectivity index (χ3v) is 4.53. The van der Waals surface area contributed by atoms with E-state index in [2.05, 4.69) is 20.6 Å². The Hall–Kier alpha value is -2.68. The number of hydrogen-bond donors (Lipinski definition) is 3. The fourth-order valence-electron chi connectivity index (χ4n) is 3.05. The second-order valence-corrected chi connectivity index (χ2v) is 6.42. The number of nitrogens with one attached hydrogen (secondary N) is 2. The summed E-state index contributed by atoms with van der Waals surface area (Å²) in [6, 6.07) is 4.15. The summed E-state index contributed by atoms with van der Waals surface area (Å²) in [6.07, 6.45) is 0.582. The van der Waals surface area contributed by atoms with Crippen LogP contribution in [0.15, 0.2) is 36.7 Å². The first kappa shape index (κ1) is 19.1. The molecule has 27 heavy (non-hydrogen) atoms. The van der Waals surface area contributed by atoms with Crippen molar-refractivity contribution in [2.45, 2.75) is 31.5 Å². The molecule has 1 saturated carbocycles. The Balaban J connectivity index is 1.67. The molecule has 0 bridgehead atoms. The molecule has 2 aromatic rings. The summed E-state index contributed by atoms with van der Waals surface area (Å²) in [7, 11) is 0. The molecule has 3 rings (SSSR count). The number of carbonyl (C=O) groups is 1. The van der Waals surface area contributed by atoms with E-state index in [4.69, 9.17) is 0 Å². The second-order valence-electron chi connectivity index (χ2n) is 6.42. The first-order valence-electron chi connectivity index (χ1n) is 8.56. The van der Waals surface area contributed by atoms with Gasteiger partial charge in [0.25, 0.3) is 5.91 Å². The van der Waals surface area contributed by atoms with Crippen LogP contribution in [0.4, 0.5) is 24.7 Å². The molecule has 3 N–H and O–H groups in total. The maximum atomic E-state index is 12.6. The third kappa shape index (κ3) is 4.73. The molecule has 2 atom stereocenters. The molecule has 0 radical (unpaired) electrons. The molecular weight excluding hydrogens is 361 g/mol. The predicted octanol–water partition coefficient (Wildman–Crippen LogP) is 3.32. The van der Waals surface area contributed by atoms with E-state index in [1.807, 2.05) is 0 Å². The minimum Gasteiger partial charge on any atom is -0.393 e. The van der Waals surface area contributed by atoms with Gasteiger partial charge in [-0.2, -0.15) is 13.2 Å². The Morgan fingerprint density at radius 1 is 1.15 bits per heavy atom. The van der Waals surface area contributed by atoms with Crippen LogP contribution in [0.3, 0.4) is 0 Å². The maximum Gasteiger partial charge on any atom is 0.416 e. The van der Waals surface area contributed by atoms with Crippen molar-refractivity contribution in [3.05, 3.63) is 47.9 Å². The number of alkyl halides is 3. The van der Waals surface area contributed by atoms with Crippen LogP contribution in [0.25, 0.3) is 0 Å². The van der Waals surface area contributed by atoms with Gasteiger partial charge < -0.3 is 15.7 Å². The van der Waals surface area contributed by atoms with Crippen LogP contribution in [0.2, 0.25) is 0 Å². The highest BCUT2D eigenvalue weighted by molar-refractivity contribution is 6.05. The molecular formula is C18H19F3N4O2. The number of aliphatic hydroxyl groups excluding tert-OH is 1. The molecule has 0 spiro atoms. The lowest BCUT2D eigenvalue weighted by molar-refractivity contribution is -0.137. The SMILES string of the molecule is O=C(Nc1ccc(C(F)(F)F)cc1)c1nccnc1NC[C@@H]1CCC[C@@H]1O. The first-order valence-corrected chi connectivity index (χ1v) is 8.56. The average Bonchev–Trinajstić information content (AvgIpc) is 3.05. The highest BCUT2D eigenvalue weighted by Crippen LogP contribution is 2.30. The molecule has 0 unspecified atom stereocenters. The molecule has 0 saturated heterocycles. The van der Waals surface area contributed by atoms with Crippen LogP contribution >= 0.6 is 0 Å². The Kier molecular flexibility index (Phi) is 5.59. The number of nitrogens with zero attached hydrogens (tertiary/aromatic N) is 2. The van der Waals surface area contributed by atoms with Gasteiger partial charge in [-0.25, -0.2) is 9.97 Å². The minimum atomic E-state index is -4.44. The summed E-state index contributed by atoms with van der Waals surface area (Å²) in [5.41, 5.74) is -0.543. The lowest BCUT2D eigenvalue weighted by atomic mass is 10.1. The molecule has 1 amide bonds. The number of anilines is 2. The molecule has 1 aromatic heterocycles. The van der Waals surface area contributed by atoms with Gasteiger partial charge >= 0.3 is 6.18 Å². The number of aromatic nitrogens is 2. The van der Waals surface area contributed by atoms with Gasteiger partial charge in [0.15, 0.2) is 11.5 Å². The first-order chi connectivity index (χ1) is 12.8. The molecule has 1 aliphatic carbocycles. The van der Waals surface area contributed by atoms with E-state index in [0.29, 0.717) is 6.54 Å². The van der Waals surface area contributed by atoms with E-state index in [0.717, 1.165) is 31.4 Å². The Morgan fingerprint density at radius 2 is 1.85 bits per heavy atom. The summed E-state index contributed by atoms with van der Waals surface area (Å²) in [6.45, 7) is 0.459. The summed E-state index contributed by atoms with van der Waals surface area (Å²) in [5, 5.41) is 15.4. The van der Waals surface area contributed by atoms with E-state index in [-0.39, 0.29) is 29.2 Å². The van der Waals surface area contributed by atoms with Gasteiger partial charge in [-0.3, -0.25) is 4.79 Å². The summed E-state index contributed by atoms with van der Waals surface area (Å²) in [4.78, 5) is 20.6. The third-order valence-electron chi connectivity index (χ3n) is 4.53. The van der Waals surface area contributed by atoms with Crippen LogP contribution in [-0.2, 0) is 6.18 Å². The van der Waals surface area contributed by atoms with Gasteiger partial charge in [0.05, 0.1) is 11.7 Å². The number of rotatable bonds is 5. The van der Waals surface area contributed by atoms with Crippen molar-refractivity contribution in [3.8, 4) is 0 Å². The zero-order valence-corrected chi connectivity index (χ0v) is 14.3. The Bertz CT molecular complexity index is 796. The van der Waals surface area contributed by atoms with Gasteiger partial charge in [-0.05, 0) is 37.1 Å². The Morgan fingerprint density at radius 3 is 2.48 bits per heavy atom. The highest BCUT2D eigenvalue weighted by Gasteiger charge is 2.30. The van der Waals surface area contributed by atoms with E-state index in [1.54, 1.807) is 0 Å². The lowest BCUT2D eigenvalue weighted by Gasteiger charge is -2.16. The van der Waals surface area contributed by atoms with Gasteiger partial charge in [0.1, 0.15) is 0 Å². The summed E-state index contributed by atoms with van der Waals surface area (Å²) < 4.78 is 37.8. The molecule has 1 aliphatic rings. The summed E-state index contributed by atoms with van der Waals surface area (Å²) in [5.74, 6) is -0.240. The smallest absolute Gasteiger partial charge is 0.393 e. The average molecular weight is 380 g/mol. The highest BCUT2D eigenvalue weighted by atomic mass is 19.4. The van der Waals surface area contributed by atoms with Crippen LogP contribution in [-0.4, -0.2) is 33.6 Å². The van der Waals surface area contributed by atoms with Crippen LogP contribution < -0.4 is 10.6 Å². The topological polar surface area (TPSA) is 87.1 Å². The second kappa shape index (κ2) is 7.91. The number of aliphatic hydroxyl groups is 1. The maximum absolute atomic E-state index is 12.6. The largest absolute Gasteiger partial charge is 0.416 e. The molecule has 1 heterocycles. The molecule has 0 aliphatic heterocycles. The quantitative estimate of drug-likeness (QED) is 0.741. The molecule has 9 heteroatoms. The number of benzene rings is 1. The fraction of sp³-hybridized carbons (Fsp3) is 0.389. The zero-order chi connectivity index (χ0) is 19.4. The molecule has 1 fully saturated rings. The van der Waals surface area contributed by atoms with Crippen LogP contribution in [0, 0.1) is 5.92 Å². The monoisotopic (exact) mass is 380 g/mol. The normalized spacial score (nSPS) is 19.7. The fourth-order valence-corrected chi connectivity index (χ4v) is 3.05. The van der Waals surface area contributed by atoms with Crippen molar-refractivity contribution in [1.29, 1.82) is 0 Å². The van der Waals surface area contributed by atoms with Crippen LogP contribution in [0.1, 0.15) is 35.3 Å². The standard InChI is InChI=1S/C18H19F3N4O2/c19-18(20,21)12-4-6-13(7-5-12)25-17(27)15-16(23-9-8-22-15)24-10-11-2-1-3-14(11)26/h4-9,11,14,26H,1-3,10H2,(H,23,24)(H,25,27)/t11-,14-/m0/s1. The lowest BCUT2D eigenvalue weighted by Crippen LogP contribution is -2.24. The van der Waals surface area contributed by atoms with E-state index < -0.39 is 17.6 Å². The van der Waals surface area contributed by atoms with E-state index >= 15 is 0 Å². The van der Waals surface area contributed by atoms with Gasteiger partial charge in [-0.1, -0.05) is 6.42 Å².